The van der Waals surface area contributed by atoms with E-state index in [2.05, 4.69) is 16.0 Å². The van der Waals surface area contributed by atoms with Crippen molar-refractivity contribution in [2.24, 2.45) is 7.05 Å². The highest BCUT2D eigenvalue weighted by molar-refractivity contribution is 6.43. The summed E-state index contributed by atoms with van der Waals surface area (Å²) in [6, 6.07) is 4.25. The summed E-state index contributed by atoms with van der Waals surface area (Å²) in [5, 5.41) is 18.4. The number of ketones is 1. The molecule has 172 valence electrons. The second kappa shape index (κ2) is 9.22. The number of nitrogens with one attached hydrogen (secondary N) is 3. The Bertz CT molecular complexity index is 1070. The van der Waals surface area contributed by atoms with Crippen LogP contribution in [0.2, 0.25) is 0 Å². The summed E-state index contributed by atoms with van der Waals surface area (Å²) in [6.45, 7) is 5.90. The molecule has 1 aromatic heterocycles. The Morgan fingerprint density at radius 1 is 1.19 bits per heavy atom. The van der Waals surface area contributed by atoms with E-state index in [-0.39, 0.29) is 23.7 Å². The van der Waals surface area contributed by atoms with Gasteiger partial charge >= 0.3 is 0 Å². The van der Waals surface area contributed by atoms with Crippen LogP contribution < -0.4 is 16.0 Å². The van der Waals surface area contributed by atoms with Gasteiger partial charge in [0.25, 0.3) is 17.6 Å². The minimum atomic E-state index is -0.841. The third-order valence-corrected chi connectivity index (χ3v) is 6.24. The summed E-state index contributed by atoms with van der Waals surface area (Å²) < 4.78 is 15.0. The number of nitrogens with zero attached hydrogens (tertiary/aromatic N) is 1. The van der Waals surface area contributed by atoms with E-state index in [1.165, 1.54) is 22.8 Å². The lowest BCUT2D eigenvalue weighted by Crippen LogP contribution is -2.58. The first kappa shape index (κ1) is 23.6. The molecule has 0 spiro atoms. The van der Waals surface area contributed by atoms with Gasteiger partial charge in [-0.1, -0.05) is 0 Å². The summed E-state index contributed by atoms with van der Waals surface area (Å²) in [4.78, 5) is 38.8. The first-order valence-corrected chi connectivity index (χ1v) is 10.5. The van der Waals surface area contributed by atoms with Gasteiger partial charge in [0.2, 0.25) is 0 Å². The van der Waals surface area contributed by atoms with Gasteiger partial charge in [-0.25, -0.2) is 4.39 Å². The number of benzene rings is 1. The number of aryl methyl sites for hydroxylation is 1. The number of anilines is 1. The van der Waals surface area contributed by atoms with Crippen LogP contribution in [0.25, 0.3) is 0 Å². The van der Waals surface area contributed by atoms with Gasteiger partial charge in [0.15, 0.2) is 0 Å². The van der Waals surface area contributed by atoms with Crippen molar-refractivity contribution in [1.29, 1.82) is 0 Å². The van der Waals surface area contributed by atoms with Crippen LogP contribution in [0.5, 0.6) is 0 Å². The maximum Gasteiger partial charge on any atom is 0.294 e. The fourth-order valence-corrected chi connectivity index (χ4v) is 4.18. The second-order valence-corrected chi connectivity index (χ2v) is 8.38. The fraction of sp³-hybridized carbons (Fsp3) is 0.435. The lowest BCUT2D eigenvalue weighted by Gasteiger charge is -2.36. The molecule has 3 rings (SSSR count). The van der Waals surface area contributed by atoms with Gasteiger partial charge < -0.3 is 25.6 Å². The van der Waals surface area contributed by atoms with Gasteiger partial charge in [0, 0.05) is 18.4 Å². The highest BCUT2D eigenvalue weighted by Crippen LogP contribution is 2.25. The Morgan fingerprint density at radius 2 is 1.84 bits per heavy atom. The van der Waals surface area contributed by atoms with Crippen molar-refractivity contribution in [3.8, 4) is 0 Å². The molecule has 0 unspecified atom stereocenters. The summed E-state index contributed by atoms with van der Waals surface area (Å²) in [7, 11) is 1.62. The van der Waals surface area contributed by atoms with Crippen molar-refractivity contribution in [3.63, 3.8) is 0 Å². The Labute approximate surface area is 186 Å². The topological polar surface area (TPSA) is 112 Å². The number of Topliss-reactive ketones (excluding diaryl/α,β-unsaturated/α-hetero) is 1. The Balaban J connectivity index is 1.86. The summed E-state index contributed by atoms with van der Waals surface area (Å²) in [5.41, 5.74) is 1.28. The van der Waals surface area contributed by atoms with Crippen LogP contribution in [0, 0.1) is 26.6 Å². The smallest absolute Gasteiger partial charge is 0.294 e. The maximum atomic E-state index is 13.5. The van der Waals surface area contributed by atoms with E-state index < -0.39 is 23.1 Å². The number of amides is 2. The normalized spacial score (nSPS) is 15.3. The standard InChI is InChI=1S/C23H29FN4O4/c1-13-11-16(5-6-17(13)24)26-21(31)18-14(2)19(28(4)15(18)3)20(30)22(32)27-23(12-29)7-9-25-10-8-23/h5-6,11,25,29H,7-10,12H2,1-4H3,(H,26,31)(H,27,32). The lowest BCUT2D eigenvalue weighted by atomic mass is 9.89. The first-order valence-electron chi connectivity index (χ1n) is 10.5. The van der Waals surface area contributed by atoms with Gasteiger partial charge in [-0.2, -0.15) is 0 Å². The van der Waals surface area contributed by atoms with E-state index in [4.69, 9.17) is 0 Å². The highest BCUT2D eigenvalue weighted by Gasteiger charge is 2.36. The molecule has 0 saturated carbocycles. The first-order chi connectivity index (χ1) is 15.1. The lowest BCUT2D eigenvalue weighted by molar-refractivity contribution is -0.119. The van der Waals surface area contributed by atoms with Crippen LogP contribution in [0.1, 0.15) is 50.5 Å². The Morgan fingerprint density at radius 3 is 2.44 bits per heavy atom. The largest absolute Gasteiger partial charge is 0.394 e. The molecule has 0 bridgehead atoms. The van der Waals surface area contributed by atoms with Crippen molar-refractivity contribution in [2.45, 2.75) is 39.2 Å². The van der Waals surface area contributed by atoms with E-state index in [0.717, 1.165) is 0 Å². The number of hydrogen-bond acceptors (Lipinski definition) is 5. The van der Waals surface area contributed by atoms with E-state index in [1.807, 2.05) is 0 Å². The molecule has 1 aliphatic heterocycles. The van der Waals surface area contributed by atoms with Crippen molar-refractivity contribution < 1.29 is 23.9 Å². The molecule has 2 amide bonds. The third-order valence-electron chi connectivity index (χ3n) is 6.24. The predicted octanol–water partition coefficient (Wildman–Crippen LogP) is 1.76. The number of aromatic nitrogens is 1. The molecule has 1 fully saturated rings. The SMILES string of the molecule is Cc1cc(NC(=O)c2c(C)c(C(=O)C(=O)NC3(CO)CCNCC3)n(C)c2C)ccc1F. The second-order valence-electron chi connectivity index (χ2n) is 8.38. The number of aliphatic hydroxyl groups excluding tert-OH is 1. The number of carbonyl (C=O) groups is 3. The minimum Gasteiger partial charge on any atom is -0.394 e. The van der Waals surface area contributed by atoms with E-state index in [9.17, 15) is 23.9 Å². The number of carbonyl (C=O) groups excluding carboxylic acids is 3. The van der Waals surface area contributed by atoms with Crippen LogP contribution in [0.15, 0.2) is 18.2 Å². The quantitative estimate of drug-likeness (QED) is 0.401. The van der Waals surface area contributed by atoms with Crippen LogP contribution >= 0.6 is 0 Å². The molecule has 1 saturated heterocycles. The number of rotatable bonds is 6. The number of piperidine rings is 1. The monoisotopic (exact) mass is 444 g/mol. The molecule has 0 aliphatic carbocycles. The van der Waals surface area contributed by atoms with Crippen LogP contribution in [0.4, 0.5) is 10.1 Å². The van der Waals surface area contributed by atoms with Crippen LogP contribution in [-0.2, 0) is 11.8 Å². The molecule has 32 heavy (non-hydrogen) atoms. The van der Waals surface area contributed by atoms with Crippen LogP contribution in [-0.4, -0.2) is 52.5 Å². The zero-order chi connectivity index (χ0) is 23.6. The average molecular weight is 445 g/mol. The summed E-state index contributed by atoms with van der Waals surface area (Å²) in [6.07, 6.45) is 1.02. The maximum absolute atomic E-state index is 13.5. The molecule has 1 aliphatic rings. The zero-order valence-corrected chi connectivity index (χ0v) is 18.8. The van der Waals surface area contributed by atoms with Crippen molar-refractivity contribution in [3.05, 3.63) is 52.1 Å². The van der Waals surface area contributed by atoms with E-state index >= 15 is 0 Å². The number of aliphatic hydroxyl groups is 1. The van der Waals surface area contributed by atoms with E-state index in [0.29, 0.717) is 48.4 Å². The molecule has 2 aromatic rings. The van der Waals surface area contributed by atoms with Gasteiger partial charge in [-0.15, -0.1) is 0 Å². The third kappa shape index (κ3) is 4.44. The van der Waals surface area contributed by atoms with Crippen LogP contribution in [0.3, 0.4) is 0 Å². The van der Waals surface area contributed by atoms with Crippen molar-refractivity contribution >= 4 is 23.3 Å². The molecule has 0 atom stereocenters. The molecule has 4 N–H and O–H groups in total. The van der Waals surface area contributed by atoms with E-state index in [1.54, 1.807) is 27.8 Å². The van der Waals surface area contributed by atoms with Crippen molar-refractivity contribution in [1.82, 2.24) is 15.2 Å². The summed E-state index contributed by atoms with van der Waals surface area (Å²) >= 11 is 0. The number of halogens is 1. The fourth-order valence-electron chi connectivity index (χ4n) is 4.18. The Hall–Kier alpha value is -3.04. The molecular weight excluding hydrogens is 415 g/mol. The molecule has 2 heterocycles. The molecule has 8 nitrogen and oxygen atoms in total. The van der Waals surface area contributed by atoms with Gasteiger partial charge in [0.1, 0.15) is 5.82 Å². The van der Waals surface area contributed by atoms with Crippen molar-refractivity contribution in [2.75, 3.05) is 25.0 Å². The minimum absolute atomic E-state index is 0.113. The molecule has 1 aromatic carbocycles. The van der Waals surface area contributed by atoms with Gasteiger partial charge in [-0.05, 0) is 76.0 Å². The average Bonchev–Trinajstić information content (AvgIpc) is 2.99. The molecule has 9 heteroatoms. The molecule has 0 radical (unpaired) electrons. The molecular formula is C23H29FN4O4. The predicted molar refractivity (Wildman–Crippen MR) is 118 cm³/mol. The van der Waals surface area contributed by atoms with Gasteiger partial charge in [0.05, 0.1) is 23.4 Å². The highest BCUT2D eigenvalue weighted by atomic mass is 19.1. The Kier molecular flexibility index (Phi) is 6.80. The van der Waals surface area contributed by atoms with Gasteiger partial charge in [-0.3, -0.25) is 14.4 Å². The summed E-state index contributed by atoms with van der Waals surface area (Å²) in [5.74, 6) is -2.41. The zero-order valence-electron chi connectivity index (χ0n) is 18.8. The number of hydrogen-bond donors (Lipinski definition) is 4.